The zero-order chi connectivity index (χ0) is 10.8. The standard InChI is InChI=1S/C11H17N3S/c1-3-9-8(2)10(15)13-11(12-9)14-6-4-5-7-14/h3-7H2,1-2H3,(H,12,13,15). The molecule has 0 aromatic carbocycles. The van der Waals surface area contributed by atoms with E-state index in [4.69, 9.17) is 12.2 Å². The Morgan fingerprint density at radius 3 is 2.67 bits per heavy atom. The van der Waals surface area contributed by atoms with E-state index in [0.29, 0.717) is 0 Å². The molecule has 0 aliphatic carbocycles. The highest BCUT2D eigenvalue weighted by Gasteiger charge is 2.15. The zero-order valence-corrected chi connectivity index (χ0v) is 10.2. The van der Waals surface area contributed by atoms with Crippen LogP contribution in [0.3, 0.4) is 0 Å². The Labute approximate surface area is 95.5 Å². The molecule has 0 unspecified atom stereocenters. The van der Waals surface area contributed by atoms with Crippen LogP contribution in [0.15, 0.2) is 0 Å². The van der Waals surface area contributed by atoms with Crippen LogP contribution < -0.4 is 4.90 Å². The summed E-state index contributed by atoms with van der Waals surface area (Å²) in [6.45, 7) is 6.38. The highest BCUT2D eigenvalue weighted by Crippen LogP contribution is 2.18. The first-order valence-corrected chi connectivity index (χ1v) is 5.98. The van der Waals surface area contributed by atoms with Gasteiger partial charge in [-0.25, -0.2) is 4.98 Å². The average molecular weight is 223 g/mol. The molecule has 82 valence electrons. The Morgan fingerprint density at radius 2 is 2.07 bits per heavy atom. The highest BCUT2D eigenvalue weighted by atomic mass is 32.1. The predicted octanol–water partition coefficient (Wildman–Crippen LogP) is 2.61. The number of aromatic amines is 1. The van der Waals surface area contributed by atoms with Gasteiger partial charge in [0.2, 0.25) is 5.95 Å². The molecular weight excluding hydrogens is 206 g/mol. The van der Waals surface area contributed by atoms with Crippen molar-refractivity contribution in [3.63, 3.8) is 0 Å². The molecule has 3 nitrogen and oxygen atoms in total. The quantitative estimate of drug-likeness (QED) is 0.782. The summed E-state index contributed by atoms with van der Waals surface area (Å²) < 4.78 is 0.743. The second kappa shape index (κ2) is 4.31. The average Bonchev–Trinajstić information content (AvgIpc) is 2.75. The summed E-state index contributed by atoms with van der Waals surface area (Å²) in [4.78, 5) is 10.1. The van der Waals surface area contributed by atoms with Gasteiger partial charge in [-0.2, -0.15) is 0 Å². The van der Waals surface area contributed by atoms with E-state index in [1.807, 2.05) is 6.92 Å². The lowest BCUT2D eigenvalue weighted by atomic mass is 10.2. The van der Waals surface area contributed by atoms with E-state index in [1.165, 1.54) is 18.5 Å². The van der Waals surface area contributed by atoms with Crippen molar-refractivity contribution in [3.05, 3.63) is 15.9 Å². The van der Waals surface area contributed by atoms with Crippen molar-refractivity contribution >= 4 is 18.2 Å². The topological polar surface area (TPSA) is 31.9 Å². The maximum absolute atomic E-state index is 5.27. The number of hydrogen-bond donors (Lipinski definition) is 1. The molecule has 1 aliphatic heterocycles. The number of nitrogens with zero attached hydrogens (tertiary/aromatic N) is 2. The van der Waals surface area contributed by atoms with E-state index in [2.05, 4.69) is 21.8 Å². The molecule has 0 bridgehead atoms. The Bertz CT molecular complexity index is 405. The Hall–Kier alpha value is -0.900. The number of aromatic nitrogens is 2. The maximum Gasteiger partial charge on any atom is 0.204 e. The first kappa shape index (κ1) is 10.6. The largest absolute Gasteiger partial charge is 0.342 e. The summed E-state index contributed by atoms with van der Waals surface area (Å²) in [6.07, 6.45) is 3.51. The molecule has 1 aromatic heterocycles. The molecule has 0 saturated carbocycles. The summed E-state index contributed by atoms with van der Waals surface area (Å²) >= 11 is 5.27. The molecule has 1 fully saturated rings. The lowest BCUT2D eigenvalue weighted by molar-refractivity contribution is 0.861. The Morgan fingerprint density at radius 1 is 1.40 bits per heavy atom. The van der Waals surface area contributed by atoms with Crippen molar-refractivity contribution < 1.29 is 0 Å². The number of rotatable bonds is 2. The lowest BCUT2D eigenvalue weighted by Gasteiger charge is -2.17. The van der Waals surface area contributed by atoms with Crippen molar-refractivity contribution in [2.75, 3.05) is 18.0 Å². The molecule has 2 heterocycles. The number of hydrogen-bond acceptors (Lipinski definition) is 3. The van der Waals surface area contributed by atoms with E-state index in [1.54, 1.807) is 0 Å². The molecule has 0 atom stereocenters. The van der Waals surface area contributed by atoms with Gasteiger partial charge in [-0.3, -0.25) is 0 Å². The van der Waals surface area contributed by atoms with Gasteiger partial charge in [0.05, 0.1) is 0 Å². The first-order chi connectivity index (χ1) is 7.22. The molecular formula is C11H17N3S. The number of anilines is 1. The SMILES string of the molecule is CCc1[nH]c(N2CCCC2)nc(=S)c1C. The van der Waals surface area contributed by atoms with Gasteiger partial charge in [0.15, 0.2) is 0 Å². The molecule has 1 aliphatic rings. The van der Waals surface area contributed by atoms with Crippen LogP contribution in [0.25, 0.3) is 0 Å². The van der Waals surface area contributed by atoms with Gasteiger partial charge in [-0.1, -0.05) is 19.1 Å². The number of nitrogens with one attached hydrogen (secondary N) is 1. The Kier molecular flexibility index (Phi) is 3.05. The van der Waals surface area contributed by atoms with Crippen molar-refractivity contribution in [2.45, 2.75) is 33.1 Å². The minimum absolute atomic E-state index is 0.743. The third-order valence-corrected chi connectivity index (χ3v) is 3.40. The molecule has 0 spiro atoms. The van der Waals surface area contributed by atoms with Crippen LogP contribution in [-0.2, 0) is 6.42 Å². The second-order valence-corrected chi connectivity index (χ2v) is 4.40. The van der Waals surface area contributed by atoms with E-state index in [0.717, 1.165) is 35.7 Å². The summed E-state index contributed by atoms with van der Waals surface area (Å²) in [5.74, 6) is 0.958. The summed E-state index contributed by atoms with van der Waals surface area (Å²) in [7, 11) is 0. The fraction of sp³-hybridized carbons (Fsp3) is 0.636. The van der Waals surface area contributed by atoms with Gasteiger partial charge in [-0.15, -0.1) is 0 Å². The van der Waals surface area contributed by atoms with Gasteiger partial charge in [-0.05, 0) is 26.2 Å². The summed E-state index contributed by atoms with van der Waals surface area (Å²) in [5.41, 5.74) is 2.34. The molecule has 2 rings (SSSR count). The minimum atomic E-state index is 0.743. The molecule has 1 saturated heterocycles. The van der Waals surface area contributed by atoms with Crippen molar-refractivity contribution in [1.82, 2.24) is 9.97 Å². The third-order valence-electron chi connectivity index (χ3n) is 3.00. The van der Waals surface area contributed by atoms with Crippen LogP contribution >= 0.6 is 12.2 Å². The Balaban J connectivity index is 2.40. The number of aryl methyl sites for hydroxylation is 1. The normalized spacial score (nSPS) is 16.0. The van der Waals surface area contributed by atoms with Crippen LogP contribution in [0, 0.1) is 11.6 Å². The highest BCUT2D eigenvalue weighted by molar-refractivity contribution is 7.71. The van der Waals surface area contributed by atoms with Crippen LogP contribution in [0.4, 0.5) is 5.95 Å². The van der Waals surface area contributed by atoms with Crippen LogP contribution in [0.1, 0.15) is 31.0 Å². The van der Waals surface area contributed by atoms with Gasteiger partial charge in [0.1, 0.15) is 4.64 Å². The van der Waals surface area contributed by atoms with Gasteiger partial charge < -0.3 is 9.88 Å². The van der Waals surface area contributed by atoms with Crippen molar-refractivity contribution in [3.8, 4) is 0 Å². The monoisotopic (exact) mass is 223 g/mol. The van der Waals surface area contributed by atoms with E-state index < -0.39 is 0 Å². The fourth-order valence-electron chi connectivity index (χ4n) is 2.00. The number of H-pyrrole nitrogens is 1. The predicted molar refractivity (Wildman–Crippen MR) is 65.0 cm³/mol. The van der Waals surface area contributed by atoms with E-state index >= 15 is 0 Å². The van der Waals surface area contributed by atoms with Crippen LogP contribution in [0.5, 0.6) is 0 Å². The lowest BCUT2D eigenvalue weighted by Crippen LogP contribution is -2.21. The first-order valence-electron chi connectivity index (χ1n) is 5.57. The second-order valence-electron chi connectivity index (χ2n) is 4.02. The van der Waals surface area contributed by atoms with Gasteiger partial charge in [0, 0.05) is 24.3 Å². The maximum atomic E-state index is 5.27. The van der Waals surface area contributed by atoms with E-state index in [9.17, 15) is 0 Å². The molecule has 0 amide bonds. The fourth-order valence-corrected chi connectivity index (χ4v) is 2.21. The zero-order valence-electron chi connectivity index (χ0n) is 9.34. The van der Waals surface area contributed by atoms with Gasteiger partial charge in [0.25, 0.3) is 0 Å². The molecule has 1 aromatic rings. The molecule has 0 radical (unpaired) electrons. The van der Waals surface area contributed by atoms with Crippen molar-refractivity contribution in [1.29, 1.82) is 0 Å². The third kappa shape index (κ3) is 2.04. The summed E-state index contributed by atoms with van der Waals surface area (Å²) in [5, 5.41) is 0. The molecule has 4 heteroatoms. The van der Waals surface area contributed by atoms with Gasteiger partial charge >= 0.3 is 0 Å². The van der Waals surface area contributed by atoms with Crippen LogP contribution in [-0.4, -0.2) is 23.1 Å². The minimum Gasteiger partial charge on any atom is -0.342 e. The van der Waals surface area contributed by atoms with Crippen molar-refractivity contribution in [2.24, 2.45) is 0 Å². The molecule has 15 heavy (non-hydrogen) atoms. The molecule has 1 N–H and O–H groups in total. The van der Waals surface area contributed by atoms with Crippen LogP contribution in [0.2, 0.25) is 0 Å². The van der Waals surface area contributed by atoms with E-state index in [-0.39, 0.29) is 0 Å². The summed E-state index contributed by atoms with van der Waals surface area (Å²) in [6, 6.07) is 0. The smallest absolute Gasteiger partial charge is 0.204 e.